The van der Waals surface area contributed by atoms with Crippen LogP contribution in [0.2, 0.25) is 0 Å². The topological polar surface area (TPSA) is 59.5 Å². The lowest BCUT2D eigenvalue weighted by molar-refractivity contribution is 0.215. The molecule has 0 spiro atoms. The predicted molar refractivity (Wildman–Crippen MR) is 84.0 cm³/mol. The highest BCUT2D eigenvalue weighted by Gasteiger charge is 2.34. The lowest BCUT2D eigenvalue weighted by Crippen LogP contribution is -2.30. The SMILES string of the molecule is O=S(=O)(c1ccc(Br)s1)N1CC[C@@H](Oc2ccncc2)C1. The van der Waals surface area contributed by atoms with Gasteiger partial charge in [-0.3, -0.25) is 4.98 Å². The van der Waals surface area contributed by atoms with Crippen molar-refractivity contribution in [3.05, 3.63) is 40.4 Å². The fourth-order valence-corrected chi connectivity index (χ4v) is 5.84. The number of pyridine rings is 1. The van der Waals surface area contributed by atoms with Gasteiger partial charge in [0.25, 0.3) is 10.0 Å². The van der Waals surface area contributed by atoms with Crippen LogP contribution in [-0.4, -0.2) is 36.9 Å². The smallest absolute Gasteiger partial charge is 0.252 e. The summed E-state index contributed by atoms with van der Waals surface area (Å²) < 4.78 is 33.4. The molecule has 2 aromatic rings. The Morgan fingerprint density at radius 3 is 2.71 bits per heavy atom. The number of thiophene rings is 1. The number of rotatable bonds is 4. The summed E-state index contributed by atoms with van der Waals surface area (Å²) in [5, 5.41) is 0. The van der Waals surface area contributed by atoms with E-state index >= 15 is 0 Å². The van der Waals surface area contributed by atoms with Crippen LogP contribution < -0.4 is 4.74 Å². The van der Waals surface area contributed by atoms with Crippen LogP contribution in [0.15, 0.2) is 44.7 Å². The second-order valence-corrected chi connectivity index (χ2v) is 9.26. The molecule has 21 heavy (non-hydrogen) atoms. The van der Waals surface area contributed by atoms with Crippen LogP contribution in [0.1, 0.15) is 6.42 Å². The lowest BCUT2D eigenvalue weighted by atomic mass is 10.3. The number of sulfonamides is 1. The van der Waals surface area contributed by atoms with Gasteiger partial charge in [-0.05, 0) is 46.6 Å². The molecule has 0 radical (unpaired) electrons. The van der Waals surface area contributed by atoms with Crippen LogP contribution in [0, 0.1) is 0 Å². The molecule has 1 aliphatic rings. The summed E-state index contributed by atoms with van der Waals surface area (Å²) in [5.74, 6) is 0.716. The number of aromatic nitrogens is 1. The maximum atomic E-state index is 12.5. The summed E-state index contributed by atoms with van der Waals surface area (Å²) in [4.78, 5) is 3.93. The molecular weight excluding hydrogens is 376 g/mol. The predicted octanol–water partition coefficient (Wildman–Crippen LogP) is 2.75. The van der Waals surface area contributed by atoms with Crippen LogP contribution in [-0.2, 0) is 10.0 Å². The summed E-state index contributed by atoms with van der Waals surface area (Å²) in [6.45, 7) is 0.855. The van der Waals surface area contributed by atoms with Gasteiger partial charge in [0, 0.05) is 18.9 Å². The molecule has 0 unspecified atom stereocenters. The fourth-order valence-electron chi connectivity index (χ4n) is 2.19. The first-order valence-corrected chi connectivity index (χ1v) is 9.43. The van der Waals surface area contributed by atoms with Crippen molar-refractivity contribution in [2.45, 2.75) is 16.7 Å². The van der Waals surface area contributed by atoms with E-state index in [4.69, 9.17) is 4.74 Å². The zero-order chi connectivity index (χ0) is 14.9. The third-order valence-corrected chi connectivity index (χ3v) is 7.16. The first-order chi connectivity index (χ1) is 10.1. The molecule has 2 aromatic heterocycles. The molecule has 0 bridgehead atoms. The quantitative estimate of drug-likeness (QED) is 0.807. The van der Waals surface area contributed by atoms with Crippen molar-refractivity contribution in [3.8, 4) is 5.75 Å². The number of ether oxygens (including phenoxy) is 1. The molecule has 0 N–H and O–H groups in total. The second-order valence-electron chi connectivity index (χ2n) is 4.63. The van der Waals surface area contributed by atoms with Crippen LogP contribution in [0.3, 0.4) is 0 Å². The van der Waals surface area contributed by atoms with Gasteiger partial charge in [-0.2, -0.15) is 4.31 Å². The van der Waals surface area contributed by atoms with Gasteiger partial charge in [0.2, 0.25) is 0 Å². The third-order valence-electron chi connectivity index (χ3n) is 3.20. The summed E-state index contributed by atoms with van der Waals surface area (Å²) in [5.41, 5.74) is 0. The first kappa shape index (κ1) is 15.0. The van der Waals surface area contributed by atoms with Crippen molar-refractivity contribution in [2.24, 2.45) is 0 Å². The minimum atomic E-state index is -3.41. The van der Waals surface area contributed by atoms with Crippen LogP contribution >= 0.6 is 27.3 Å². The zero-order valence-corrected chi connectivity index (χ0v) is 14.2. The van der Waals surface area contributed by atoms with Gasteiger partial charge in [0.05, 0.1) is 10.3 Å². The van der Waals surface area contributed by atoms with E-state index in [0.29, 0.717) is 29.5 Å². The molecule has 1 saturated heterocycles. The molecule has 0 aliphatic carbocycles. The Morgan fingerprint density at radius 1 is 1.29 bits per heavy atom. The van der Waals surface area contributed by atoms with E-state index in [1.165, 1.54) is 15.6 Å². The number of nitrogens with zero attached hydrogens (tertiary/aromatic N) is 2. The van der Waals surface area contributed by atoms with E-state index in [1.807, 2.05) is 0 Å². The first-order valence-electron chi connectivity index (χ1n) is 6.38. The van der Waals surface area contributed by atoms with Crippen LogP contribution in [0.4, 0.5) is 0 Å². The van der Waals surface area contributed by atoms with Gasteiger partial charge < -0.3 is 4.74 Å². The fraction of sp³-hybridized carbons (Fsp3) is 0.308. The van der Waals surface area contributed by atoms with E-state index < -0.39 is 10.0 Å². The Kier molecular flexibility index (Phi) is 4.30. The lowest BCUT2D eigenvalue weighted by Gasteiger charge is -2.16. The standard InChI is InChI=1S/C13H13BrN2O3S2/c14-12-1-2-13(20-12)21(17,18)16-8-5-11(9-16)19-10-3-6-15-7-4-10/h1-4,6-7,11H,5,8-9H2/t11-/m1/s1. The molecule has 1 fully saturated rings. The minimum absolute atomic E-state index is 0.120. The van der Waals surface area contributed by atoms with Crippen molar-refractivity contribution in [1.82, 2.24) is 9.29 Å². The monoisotopic (exact) mass is 388 g/mol. The highest BCUT2D eigenvalue weighted by atomic mass is 79.9. The highest BCUT2D eigenvalue weighted by Crippen LogP contribution is 2.30. The van der Waals surface area contributed by atoms with Gasteiger partial charge in [-0.15, -0.1) is 11.3 Å². The number of halogens is 1. The molecule has 1 atom stereocenters. The van der Waals surface area contributed by atoms with Crippen molar-refractivity contribution in [2.75, 3.05) is 13.1 Å². The Bertz CT molecular complexity index is 718. The van der Waals surface area contributed by atoms with Gasteiger partial charge in [0.15, 0.2) is 0 Å². The minimum Gasteiger partial charge on any atom is -0.489 e. The van der Waals surface area contributed by atoms with Gasteiger partial charge in [-0.25, -0.2) is 8.42 Å². The Labute approximate surface area is 135 Å². The molecular formula is C13H13BrN2O3S2. The van der Waals surface area contributed by atoms with Crippen molar-refractivity contribution in [1.29, 1.82) is 0 Å². The van der Waals surface area contributed by atoms with Crippen molar-refractivity contribution in [3.63, 3.8) is 0 Å². The van der Waals surface area contributed by atoms with Gasteiger partial charge >= 0.3 is 0 Å². The summed E-state index contributed by atoms with van der Waals surface area (Å²) in [6, 6.07) is 6.92. The maximum absolute atomic E-state index is 12.5. The van der Waals surface area contributed by atoms with Gasteiger partial charge in [0.1, 0.15) is 16.1 Å². The molecule has 0 aromatic carbocycles. The molecule has 0 saturated carbocycles. The molecule has 3 rings (SSSR count). The average molecular weight is 389 g/mol. The summed E-state index contributed by atoms with van der Waals surface area (Å²) in [6.07, 6.45) is 3.88. The zero-order valence-electron chi connectivity index (χ0n) is 11.0. The van der Waals surface area contributed by atoms with Gasteiger partial charge in [-0.1, -0.05) is 0 Å². The highest BCUT2D eigenvalue weighted by molar-refractivity contribution is 9.11. The van der Waals surface area contributed by atoms with E-state index in [1.54, 1.807) is 36.7 Å². The molecule has 5 nitrogen and oxygen atoms in total. The number of hydrogen-bond acceptors (Lipinski definition) is 5. The normalized spacial score (nSPS) is 19.8. The van der Waals surface area contributed by atoms with Crippen molar-refractivity contribution >= 4 is 37.3 Å². The molecule has 0 amide bonds. The Balaban J connectivity index is 1.69. The summed E-state index contributed by atoms with van der Waals surface area (Å²) in [7, 11) is -3.41. The Morgan fingerprint density at radius 2 is 2.05 bits per heavy atom. The maximum Gasteiger partial charge on any atom is 0.252 e. The third kappa shape index (κ3) is 3.28. The molecule has 112 valence electrons. The largest absolute Gasteiger partial charge is 0.489 e. The Hall–Kier alpha value is -0.960. The van der Waals surface area contributed by atoms with E-state index in [2.05, 4.69) is 20.9 Å². The van der Waals surface area contributed by atoms with E-state index in [-0.39, 0.29) is 6.10 Å². The van der Waals surface area contributed by atoms with Crippen LogP contribution in [0.5, 0.6) is 5.75 Å². The van der Waals surface area contributed by atoms with Crippen LogP contribution in [0.25, 0.3) is 0 Å². The summed E-state index contributed by atoms with van der Waals surface area (Å²) >= 11 is 4.52. The second kappa shape index (κ2) is 6.04. The average Bonchev–Trinajstić information content (AvgIpc) is 3.10. The molecule has 3 heterocycles. The molecule has 1 aliphatic heterocycles. The van der Waals surface area contributed by atoms with E-state index in [9.17, 15) is 8.42 Å². The molecule has 8 heteroatoms. The van der Waals surface area contributed by atoms with E-state index in [0.717, 1.165) is 3.79 Å². The van der Waals surface area contributed by atoms with Crippen molar-refractivity contribution < 1.29 is 13.2 Å². The number of hydrogen-bond donors (Lipinski definition) is 0.